The van der Waals surface area contributed by atoms with Crippen LogP contribution in [0.25, 0.3) is 0 Å². The van der Waals surface area contributed by atoms with Crippen LogP contribution in [-0.2, 0) is 14.3 Å². The fourth-order valence-electron chi connectivity index (χ4n) is 4.51. The first-order chi connectivity index (χ1) is 12.8. The molecule has 4 atom stereocenters. The zero-order chi connectivity index (χ0) is 19.6. The minimum absolute atomic E-state index is 0.0191. The lowest BCUT2D eigenvalue weighted by molar-refractivity contribution is -0.131. The van der Waals surface area contributed by atoms with E-state index in [9.17, 15) is 9.59 Å². The van der Waals surface area contributed by atoms with Gasteiger partial charge in [-0.2, -0.15) is 0 Å². The molecule has 0 unspecified atom stereocenters. The van der Waals surface area contributed by atoms with Crippen LogP contribution in [0.3, 0.4) is 0 Å². The number of methoxy groups -OCH3 is 1. The van der Waals surface area contributed by atoms with E-state index >= 15 is 0 Å². The number of hydrogen-bond acceptors (Lipinski definition) is 5. The fraction of sp³-hybridized carbons (Fsp3) is 0.619. The summed E-state index contributed by atoms with van der Waals surface area (Å²) in [5.41, 5.74) is 0.661. The molecule has 3 rings (SSSR count). The highest BCUT2D eigenvalue weighted by molar-refractivity contribution is 5.70. The van der Waals surface area contributed by atoms with Crippen molar-refractivity contribution < 1.29 is 23.8 Å². The Morgan fingerprint density at radius 3 is 2.52 bits per heavy atom. The van der Waals surface area contributed by atoms with Gasteiger partial charge in [0.15, 0.2) is 0 Å². The maximum absolute atomic E-state index is 12.8. The summed E-state index contributed by atoms with van der Waals surface area (Å²) in [7, 11) is 1.65. The molecule has 148 valence electrons. The minimum Gasteiger partial charge on any atom is -0.497 e. The SMILES string of the molecule is COc1ccc([C@H]2C[C@H]3CC[C@@H]([C@H]2COC=O)N3C(=O)OC(C)(C)C)cc1. The highest BCUT2D eigenvalue weighted by atomic mass is 16.6. The molecule has 2 heterocycles. The molecule has 2 aliphatic rings. The molecule has 2 fully saturated rings. The molecule has 2 bridgehead atoms. The number of piperidine rings is 1. The molecule has 6 heteroatoms. The average molecular weight is 375 g/mol. The lowest BCUT2D eigenvalue weighted by Gasteiger charge is -2.44. The van der Waals surface area contributed by atoms with E-state index in [4.69, 9.17) is 14.2 Å². The van der Waals surface area contributed by atoms with Crippen molar-refractivity contribution in [2.75, 3.05) is 13.7 Å². The predicted molar refractivity (Wildman–Crippen MR) is 101 cm³/mol. The lowest BCUT2D eigenvalue weighted by atomic mass is 9.76. The Hall–Kier alpha value is -2.24. The number of rotatable bonds is 5. The zero-order valence-electron chi connectivity index (χ0n) is 16.5. The van der Waals surface area contributed by atoms with Crippen molar-refractivity contribution in [3.63, 3.8) is 0 Å². The first-order valence-electron chi connectivity index (χ1n) is 9.54. The molecule has 1 amide bonds. The Kier molecular flexibility index (Phi) is 5.63. The number of fused-ring (bicyclic) bond motifs is 2. The molecule has 0 saturated carbocycles. The number of benzene rings is 1. The van der Waals surface area contributed by atoms with Crippen LogP contribution >= 0.6 is 0 Å². The lowest BCUT2D eigenvalue weighted by Crippen LogP contribution is -2.53. The summed E-state index contributed by atoms with van der Waals surface area (Å²) in [6.07, 6.45) is 2.44. The van der Waals surface area contributed by atoms with Crippen LogP contribution in [-0.4, -0.2) is 48.9 Å². The van der Waals surface area contributed by atoms with Gasteiger partial charge in [-0.15, -0.1) is 0 Å². The Bertz CT molecular complexity index is 666. The van der Waals surface area contributed by atoms with Crippen LogP contribution in [0.5, 0.6) is 5.75 Å². The second-order valence-electron chi connectivity index (χ2n) is 8.39. The first kappa shape index (κ1) is 19.5. The predicted octanol–water partition coefficient (Wildman–Crippen LogP) is 3.74. The highest BCUT2D eigenvalue weighted by Gasteiger charge is 2.50. The third kappa shape index (κ3) is 4.20. The summed E-state index contributed by atoms with van der Waals surface area (Å²) in [4.78, 5) is 25.5. The molecule has 2 aliphatic heterocycles. The summed E-state index contributed by atoms with van der Waals surface area (Å²) in [5.74, 6) is 1.09. The Morgan fingerprint density at radius 1 is 1.22 bits per heavy atom. The van der Waals surface area contributed by atoms with Crippen molar-refractivity contribution >= 4 is 12.6 Å². The van der Waals surface area contributed by atoms with Crippen LogP contribution in [0.15, 0.2) is 24.3 Å². The van der Waals surface area contributed by atoms with Crippen molar-refractivity contribution in [1.82, 2.24) is 4.90 Å². The molecule has 0 spiro atoms. The minimum atomic E-state index is -0.530. The molecule has 1 aromatic carbocycles. The third-order valence-corrected chi connectivity index (χ3v) is 5.59. The highest BCUT2D eigenvalue weighted by Crippen LogP contribution is 2.47. The van der Waals surface area contributed by atoms with E-state index in [1.807, 2.05) is 37.8 Å². The van der Waals surface area contributed by atoms with Crippen molar-refractivity contribution in [1.29, 1.82) is 0 Å². The molecule has 1 aromatic rings. The van der Waals surface area contributed by atoms with Gasteiger partial charge in [-0.3, -0.25) is 4.79 Å². The van der Waals surface area contributed by atoms with Gasteiger partial charge < -0.3 is 19.1 Å². The average Bonchev–Trinajstić information content (AvgIpc) is 2.95. The maximum Gasteiger partial charge on any atom is 0.410 e. The normalized spacial score (nSPS) is 27.2. The summed E-state index contributed by atoms with van der Waals surface area (Å²) < 4.78 is 16.1. The number of ether oxygens (including phenoxy) is 3. The standard InChI is InChI=1S/C21H29NO5/c1-21(2,3)27-20(24)22-15-7-10-19(22)18(12-26-13-23)17(11-15)14-5-8-16(25-4)9-6-14/h5-6,8-9,13,15,17-19H,7,10-12H2,1-4H3/t15-,17-,18+,19+/m1/s1. The van der Waals surface area contributed by atoms with Gasteiger partial charge in [0.05, 0.1) is 13.7 Å². The number of nitrogens with zero attached hydrogens (tertiary/aromatic N) is 1. The number of hydrogen-bond donors (Lipinski definition) is 0. The van der Waals surface area contributed by atoms with E-state index in [-0.39, 0.29) is 30.0 Å². The molecule has 0 radical (unpaired) electrons. The van der Waals surface area contributed by atoms with Crippen LogP contribution in [0.4, 0.5) is 4.79 Å². The first-order valence-corrected chi connectivity index (χ1v) is 9.54. The van der Waals surface area contributed by atoms with Crippen LogP contribution < -0.4 is 4.74 Å². The van der Waals surface area contributed by atoms with Crippen molar-refractivity contribution in [2.24, 2.45) is 5.92 Å². The number of carbonyl (C=O) groups is 2. The van der Waals surface area contributed by atoms with Gasteiger partial charge in [0.1, 0.15) is 11.4 Å². The number of amides is 1. The molecule has 27 heavy (non-hydrogen) atoms. The fourth-order valence-corrected chi connectivity index (χ4v) is 4.51. The Balaban J connectivity index is 1.85. The van der Waals surface area contributed by atoms with Crippen LogP contribution in [0, 0.1) is 5.92 Å². The molecule has 0 aromatic heterocycles. The Morgan fingerprint density at radius 2 is 1.93 bits per heavy atom. The molecule has 6 nitrogen and oxygen atoms in total. The van der Waals surface area contributed by atoms with E-state index in [1.165, 1.54) is 5.56 Å². The zero-order valence-corrected chi connectivity index (χ0v) is 16.5. The van der Waals surface area contributed by atoms with E-state index in [0.717, 1.165) is 25.0 Å². The van der Waals surface area contributed by atoms with Crippen LogP contribution in [0.2, 0.25) is 0 Å². The largest absolute Gasteiger partial charge is 0.497 e. The summed E-state index contributed by atoms with van der Waals surface area (Å²) in [6.45, 7) is 6.43. The van der Waals surface area contributed by atoms with E-state index < -0.39 is 5.60 Å². The molecular weight excluding hydrogens is 346 g/mol. The van der Waals surface area contributed by atoms with Gasteiger partial charge in [0, 0.05) is 18.0 Å². The monoisotopic (exact) mass is 375 g/mol. The third-order valence-electron chi connectivity index (χ3n) is 5.59. The Labute approximate surface area is 160 Å². The van der Waals surface area contributed by atoms with Gasteiger partial charge in [-0.1, -0.05) is 12.1 Å². The quantitative estimate of drug-likeness (QED) is 0.734. The summed E-state index contributed by atoms with van der Waals surface area (Å²) in [6, 6.07) is 8.22. The van der Waals surface area contributed by atoms with Crippen molar-refractivity contribution in [2.45, 2.75) is 63.6 Å². The van der Waals surface area contributed by atoms with E-state index in [0.29, 0.717) is 13.1 Å². The molecular formula is C21H29NO5. The van der Waals surface area contributed by atoms with E-state index in [1.54, 1.807) is 7.11 Å². The van der Waals surface area contributed by atoms with Crippen molar-refractivity contribution in [3.05, 3.63) is 29.8 Å². The van der Waals surface area contributed by atoms with Gasteiger partial charge >= 0.3 is 6.09 Å². The maximum atomic E-state index is 12.8. The van der Waals surface area contributed by atoms with Gasteiger partial charge in [-0.25, -0.2) is 4.79 Å². The second kappa shape index (κ2) is 7.79. The summed E-state index contributed by atoms with van der Waals surface area (Å²) in [5, 5.41) is 0. The van der Waals surface area contributed by atoms with E-state index in [2.05, 4.69) is 12.1 Å². The van der Waals surface area contributed by atoms with Crippen molar-refractivity contribution in [3.8, 4) is 5.75 Å². The van der Waals surface area contributed by atoms with Gasteiger partial charge in [0.25, 0.3) is 6.47 Å². The summed E-state index contributed by atoms with van der Waals surface area (Å²) >= 11 is 0. The smallest absolute Gasteiger partial charge is 0.410 e. The second-order valence-corrected chi connectivity index (χ2v) is 8.39. The topological polar surface area (TPSA) is 65.1 Å². The number of carbonyl (C=O) groups excluding carboxylic acids is 2. The molecule has 0 N–H and O–H groups in total. The van der Waals surface area contributed by atoms with Gasteiger partial charge in [0.2, 0.25) is 0 Å². The molecule has 2 saturated heterocycles. The van der Waals surface area contributed by atoms with Gasteiger partial charge in [-0.05, 0) is 63.6 Å². The molecule has 0 aliphatic carbocycles. The van der Waals surface area contributed by atoms with Crippen LogP contribution in [0.1, 0.15) is 51.5 Å².